The zero-order chi connectivity index (χ0) is 12.7. The minimum Gasteiger partial charge on any atom is -0.465 e. The summed E-state index contributed by atoms with van der Waals surface area (Å²) < 4.78 is 10.7. The molecule has 18 heavy (non-hydrogen) atoms. The van der Waals surface area contributed by atoms with Crippen molar-refractivity contribution in [2.75, 3.05) is 6.61 Å². The first-order valence-corrected chi connectivity index (χ1v) is 6.08. The van der Waals surface area contributed by atoms with Gasteiger partial charge < -0.3 is 9.15 Å². The van der Waals surface area contributed by atoms with Gasteiger partial charge in [-0.05, 0) is 18.6 Å². The van der Waals surface area contributed by atoms with E-state index in [0.29, 0.717) is 6.61 Å². The van der Waals surface area contributed by atoms with Crippen molar-refractivity contribution >= 4 is 22.3 Å². The lowest BCUT2D eigenvalue weighted by Gasteiger charge is -2.01. The number of cyclic esters (lactones) is 1. The second-order valence-electron chi connectivity index (χ2n) is 4.47. The molecule has 0 unspecified atom stereocenters. The number of esters is 1. The van der Waals surface area contributed by atoms with Crippen LogP contribution in [-0.4, -0.2) is 12.6 Å². The Hall–Kier alpha value is -2.03. The van der Waals surface area contributed by atoms with Crippen molar-refractivity contribution in [1.82, 2.24) is 0 Å². The van der Waals surface area contributed by atoms with E-state index >= 15 is 0 Å². The molecule has 0 aliphatic carbocycles. The highest BCUT2D eigenvalue weighted by molar-refractivity contribution is 5.98. The van der Waals surface area contributed by atoms with Gasteiger partial charge >= 0.3 is 5.97 Å². The fourth-order valence-electron chi connectivity index (χ4n) is 2.38. The first kappa shape index (κ1) is 11.1. The fraction of sp³-hybridized carbons (Fsp3) is 0.267. The third-order valence-corrected chi connectivity index (χ3v) is 3.33. The number of carbonyl (C=O) groups is 1. The molecule has 0 saturated carbocycles. The molecule has 0 spiro atoms. The van der Waals surface area contributed by atoms with Crippen LogP contribution < -0.4 is 0 Å². The predicted octanol–water partition coefficient (Wildman–Crippen LogP) is 3.24. The van der Waals surface area contributed by atoms with E-state index in [1.54, 1.807) is 6.08 Å². The van der Waals surface area contributed by atoms with Crippen LogP contribution in [0.5, 0.6) is 0 Å². The maximum atomic E-state index is 11.1. The SMILES string of the molecule is CCc1oc(C)c2cc(C3=CC(=O)OC3)ccc12. The second-order valence-corrected chi connectivity index (χ2v) is 4.47. The van der Waals surface area contributed by atoms with E-state index in [4.69, 9.17) is 9.15 Å². The Labute approximate surface area is 105 Å². The summed E-state index contributed by atoms with van der Waals surface area (Å²) in [6, 6.07) is 6.15. The number of hydrogen-bond donors (Lipinski definition) is 0. The molecule has 0 radical (unpaired) electrons. The van der Waals surface area contributed by atoms with Gasteiger partial charge in [-0.15, -0.1) is 0 Å². The van der Waals surface area contributed by atoms with Crippen LogP contribution in [0.4, 0.5) is 0 Å². The van der Waals surface area contributed by atoms with Crippen LogP contribution in [0.2, 0.25) is 0 Å². The van der Waals surface area contributed by atoms with Gasteiger partial charge in [0, 0.05) is 28.8 Å². The van der Waals surface area contributed by atoms with Crippen LogP contribution in [0, 0.1) is 6.92 Å². The van der Waals surface area contributed by atoms with Crippen molar-refractivity contribution in [2.24, 2.45) is 0 Å². The summed E-state index contributed by atoms with van der Waals surface area (Å²) in [7, 11) is 0. The molecule has 3 nitrogen and oxygen atoms in total. The molecule has 3 heteroatoms. The van der Waals surface area contributed by atoms with Crippen LogP contribution in [0.3, 0.4) is 0 Å². The molecule has 92 valence electrons. The highest BCUT2D eigenvalue weighted by Gasteiger charge is 2.16. The normalized spacial score (nSPS) is 15.0. The molecule has 1 aliphatic heterocycles. The van der Waals surface area contributed by atoms with Crippen molar-refractivity contribution in [1.29, 1.82) is 0 Å². The molecular weight excluding hydrogens is 228 g/mol. The standard InChI is InChI=1S/C15H14O3/c1-3-14-12-5-4-10(6-13(12)9(2)18-14)11-7-15(16)17-8-11/h4-7H,3,8H2,1-2H3. The minimum atomic E-state index is -0.261. The van der Waals surface area contributed by atoms with Gasteiger partial charge in [0.1, 0.15) is 18.1 Å². The number of aryl methyl sites for hydroxylation is 2. The van der Waals surface area contributed by atoms with Crippen LogP contribution >= 0.6 is 0 Å². The number of ether oxygens (including phenoxy) is 1. The number of benzene rings is 1. The van der Waals surface area contributed by atoms with E-state index in [9.17, 15) is 4.79 Å². The van der Waals surface area contributed by atoms with Crippen molar-refractivity contribution in [3.8, 4) is 0 Å². The molecule has 0 bridgehead atoms. The minimum absolute atomic E-state index is 0.261. The molecule has 0 amide bonds. The summed E-state index contributed by atoms with van der Waals surface area (Å²) in [6.07, 6.45) is 2.44. The van der Waals surface area contributed by atoms with Crippen LogP contribution in [0.25, 0.3) is 16.3 Å². The summed E-state index contributed by atoms with van der Waals surface area (Å²) in [6.45, 7) is 4.41. The van der Waals surface area contributed by atoms with Crippen molar-refractivity contribution < 1.29 is 13.9 Å². The largest absolute Gasteiger partial charge is 0.465 e. The molecule has 2 aromatic rings. The summed E-state index contributed by atoms with van der Waals surface area (Å²) in [5, 5.41) is 2.27. The predicted molar refractivity (Wildman–Crippen MR) is 69.3 cm³/mol. The van der Waals surface area contributed by atoms with E-state index in [-0.39, 0.29) is 5.97 Å². The Morgan fingerprint density at radius 1 is 1.28 bits per heavy atom. The third kappa shape index (κ3) is 1.63. The van der Waals surface area contributed by atoms with Gasteiger partial charge in [-0.25, -0.2) is 4.79 Å². The number of furan rings is 1. The lowest BCUT2D eigenvalue weighted by atomic mass is 10.0. The maximum Gasteiger partial charge on any atom is 0.331 e. The first-order chi connectivity index (χ1) is 8.69. The average Bonchev–Trinajstić information content (AvgIpc) is 2.94. The lowest BCUT2D eigenvalue weighted by Crippen LogP contribution is -1.91. The third-order valence-electron chi connectivity index (χ3n) is 3.33. The van der Waals surface area contributed by atoms with Gasteiger partial charge in [0.2, 0.25) is 0 Å². The quantitative estimate of drug-likeness (QED) is 0.759. The molecule has 0 fully saturated rings. The van der Waals surface area contributed by atoms with Gasteiger partial charge in [-0.1, -0.05) is 19.1 Å². The van der Waals surface area contributed by atoms with E-state index in [1.807, 2.05) is 13.0 Å². The van der Waals surface area contributed by atoms with Crippen molar-refractivity contribution in [3.05, 3.63) is 41.4 Å². The van der Waals surface area contributed by atoms with E-state index in [0.717, 1.165) is 39.9 Å². The van der Waals surface area contributed by atoms with Crippen LogP contribution in [0.1, 0.15) is 24.0 Å². The Morgan fingerprint density at radius 2 is 2.11 bits per heavy atom. The molecule has 0 N–H and O–H groups in total. The number of rotatable bonds is 2. The zero-order valence-electron chi connectivity index (χ0n) is 10.4. The van der Waals surface area contributed by atoms with Gasteiger partial charge in [0.15, 0.2) is 0 Å². The summed E-state index contributed by atoms with van der Waals surface area (Å²) in [5.41, 5.74) is 1.96. The molecule has 1 aromatic heterocycles. The van der Waals surface area contributed by atoms with E-state index in [2.05, 4.69) is 19.1 Å². The smallest absolute Gasteiger partial charge is 0.331 e. The molecule has 0 atom stereocenters. The molecule has 0 saturated heterocycles. The molecule has 3 rings (SSSR count). The van der Waals surface area contributed by atoms with Crippen molar-refractivity contribution in [2.45, 2.75) is 20.3 Å². The monoisotopic (exact) mass is 242 g/mol. The second kappa shape index (κ2) is 4.02. The Bertz CT molecular complexity index is 662. The Morgan fingerprint density at radius 3 is 2.78 bits per heavy atom. The van der Waals surface area contributed by atoms with E-state index < -0.39 is 0 Å². The van der Waals surface area contributed by atoms with Gasteiger partial charge in [-0.2, -0.15) is 0 Å². The lowest BCUT2D eigenvalue weighted by molar-refractivity contribution is -0.134. The average molecular weight is 242 g/mol. The summed E-state index contributed by atoms with van der Waals surface area (Å²) in [5.74, 6) is 1.68. The molecule has 1 aromatic carbocycles. The highest BCUT2D eigenvalue weighted by Crippen LogP contribution is 2.30. The number of fused-ring (bicyclic) bond motifs is 1. The molecule has 1 aliphatic rings. The zero-order valence-corrected chi connectivity index (χ0v) is 10.4. The fourth-order valence-corrected chi connectivity index (χ4v) is 2.38. The summed E-state index contributed by atoms with van der Waals surface area (Å²) >= 11 is 0. The number of carbonyl (C=O) groups excluding carboxylic acids is 1. The maximum absolute atomic E-state index is 11.1. The Kier molecular flexibility index (Phi) is 2.47. The van der Waals surface area contributed by atoms with E-state index in [1.165, 1.54) is 0 Å². The molecular formula is C15H14O3. The van der Waals surface area contributed by atoms with Crippen LogP contribution in [-0.2, 0) is 16.0 Å². The van der Waals surface area contributed by atoms with Gasteiger partial charge in [0.05, 0.1) is 0 Å². The van der Waals surface area contributed by atoms with Crippen molar-refractivity contribution in [3.63, 3.8) is 0 Å². The highest BCUT2D eigenvalue weighted by atomic mass is 16.5. The topological polar surface area (TPSA) is 39.4 Å². The first-order valence-electron chi connectivity index (χ1n) is 6.08. The summed E-state index contributed by atoms with van der Waals surface area (Å²) in [4.78, 5) is 11.1. The Balaban J connectivity index is 2.14. The number of hydrogen-bond acceptors (Lipinski definition) is 3. The van der Waals surface area contributed by atoms with Gasteiger partial charge in [0.25, 0.3) is 0 Å². The molecule has 2 heterocycles. The van der Waals surface area contributed by atoms with Crippen LogP contribution in [0.15, 0.2) is 28.7 Å². The van der Waals surface area contributed by atoms with Gasteiger partial charge in [-0.3, -0.25) is 0 Å².